The highest BCUT2D eigenvalue weighted by molar-refractivity contribution is 7.91. The first kappa shape index (κ1) is 13.0. The molecular weight excluding hydrogens is 210 g/mol. The molecule has 0 aromatic heterocycles. The van der Waals surface area contributed by atoms with Gasteiger partial charge in [0.15, 0.2) is 0 Å². The molecule has 0 spiro atoms. The van der Waals surface area contributed by atoms with Crippen LogP contribution in [0.1, 0.15) is 40.0 Å². The first-order valence-corrected chi connectivity index (χ1v) is 6.63. The summed E-state index contributed by atoms with van der Waals surface area (Å²) in [5.41, 5.74) is 0. The SMILES string of the molecule is CC(C)(C)[S+]([O-])/N=C/CC1CCOCC1. The van der Waals surface area contributed by atoms with Crippen molar-refractivity contribution in [2.75, 3.05) is 13.2 Å². The van der Waals surface area contributed by atoms with Gasteiger partial charge in [-0.15, -0.1) is 0 Å². The largest absolute Gasteiger partial charge is 0.591 e. The zero-order chi connectivity index (χ0) is 11.3. The molecule has 0 radical (unpaired) electrons. The predicted octanol–water partition coefficient (Wildman–Crippen LogP) is 2.34. The minimum atomic E-state index is -1.10. The van der Waals surface area contributed by atoms with Crippen LogP contribution in [0.25, 0.3) is 0 Å². The number of hydrogen-bond donors (Lipinski definition) is 0. The zero-order valence-electron chi connectivity index (χ0n) is 9.86. The summed E-state index contributed by atoms with van der Waals surface area (Å²) >= 11 is -1.10. The fourth-order valence-electron chi connectivity index (χ4n) is 1.40. The third-order valence-electron chi connectivity index (χ3n) is 2.47. The van der Waals surface area contributed by atoms with Gasteiger partial charge in [0.1, 0.15) is 16.1 Å². The lowest BCUT2D eigenvalue weighted by atomic mass is 9.97. The van der Waals surface area contributed by atoms with Crippen LogP contribution < -0.4 is 0 Å². The van der Waals surface area contributed by atoms with Crippen molar-refractivity contribution in [3.8, 4) is 0 Å². The second-order valence-corrected chi connectivity index (χ2v) is 6.87. The molecule has 0 bridgehead atoms. The van der Waals surface area contributed by atoms with Crippen LogP contribution in [-0.4, -0.2) is 28.7 Å². The number of hydrogen-bond acceptors (Lipinski definition) is 3. The predicted molar refractivity (Wildman–Crippen MR) is 64.5 cm³/mol. The van der Waals surface area contributed by atoms with Crippen molar-refractivity contribution in [2.45, 2.75) is 44.8 Å². The maximum atomic E-state index is 11.6. The van der Waals surface area contributed by atoms with E-state index in [1.807, 2.05) is 27.0 Å². The van der Waals surface area contributed by atoms with Gasteiger partial charge in [-0.2, -0.15) is 0 Å². The summed E-state index contributed by atoms with van der Waals surface area (Å²) in [4.78, 5) is 0. The Morgan fingerprint density at radius 2 is 2.00 bits per heavy atom. The van der Waals surface area contributed by atoms with Crippen LogP contribution in [-0.2, 0) is 16.1 Å². The summed E-state index contributed by atoms with van der Waals surface area (Å²) in [5, 5.41) is 0. The molecule has 15 heavy (non-hydrogen) atoms. The molecule has 1 atom stereocenters. The molecule has 1 aliphatic heterocycles. The summed E-state index contributed by atoms with van der Waals surface area (Å²) in [6, 6.07) is 0. The van der Waals surface area contributed by atoms with Crippen molar-refractivity contribution in [3.63, 3.8) is 0 Å². The van der Waals surface area contributed by atoms with Crippen LogP contribution in [0.5, 0.6) is 0 Å². The highest BCUT2D eigenvalue weighted by atomic mass is 32.2. The minimum absolute atomic E-state index is 0.244. The van der Waals surface area contributed by atoms with E-state index >= 15 is 0 Å². The maximum Gasteiger partial charge on any atom is 0.144 e. The van der Waals surface area contributed by atoms with Gasteiger partial charge in [-0.25, -0.2) is 0 Å². The lowest BCUT2D eigenvalue weighted by Crippen LogP contribution is -2.26. The van der Waals surface area contributed by atoms with Gasteiger partial charge in [-0.3, -0.25) is 0 Å². The lowest BCUT2D eigenvalue weighted by Gasteiger charge is -2.21. The average molecular weight is 231 g/mol. The molecule has 88 valence electrons. The number of nitrogens with zero attached hydrogens (tertiary/aromatic N) is 1. The molecule has 1 aliphatic rings. The van der Waals surface area contributed by atoms with Crippen LogP contribution in [0.15, 0.2) is 4.40 Å². The third kappa shape index (κ3) is 5.00. The monoisotopic (exact) mass is 231 g/mol. The van der Waals surface area contributed by atoms with Gasteiger partial charge in [0, 0.05) is 13.2 Å². The second-order valence-electron chi connectivity index (χ2n) is 4.94. The highest BCUT2D eigenvalue weighted by Crippen LogP contribution is 2.19. The van der Waals surface area contributed by atoms with Crippen LogP contribution in [0, 0.1) is 5.92 Å². The van der Waals surface area contributed by atoms with Crippen molar-refractivity contribution in [1.82, 2.24) is 0 Å². The Hall–Kier alpha value is -0.0600. The average Bonchev–Trinajstić information content (AvgIpc) is 2.18. The minimum Gasteiger partial charge on any atom is -0.591 e. The van der Waals surface area contributed by atoms with E-state index in [2.05, 4.69) is 4.40 Å². The quantitative estimate of drug-likeness (QED) is 0.553. The van der Waals surface area contributed by atoms with E-state index in [0.717, 1.165) is 32.5 Å². The van der Waals surface area contributed by atoms with Gasteiger partial charge < -0.3 is 9.29 Å². The Kier molecular flexibility index (Phi) is 5.09. The van der Waals surface area contributed by atoms with Crippen molar-refractivity contribution in [3.05, 3.63) is 0 Å². The molecule has 1 heterocycles. The molecule has 4 heteroatoms. The standard InChI is InChI=1S/C11H21NO2S/c1-11(2,3)15(13)12-7-4-10-5-8-14-9-6-10/h7,10H,4-6,8-9H2,1-3H3/b12-7+. The Morgan fingerprint density at radius 3 is 2.53 bits per heavy atom. The Balaban J connectivity index is 2.26. The molecule has 0 aliphatic carbocycles. The molecule has 0 saturated carbocycles. The van der Waals surface area contributed by atoms with Gasteiger partial charge >= 0.3 is 0 Å². The van der Waals surface area contributed by atoms with Crippen molar-refractivity contribution in [2.24, 2.45) is 10.3 Å². The van der Waals surface area contributed by atoms with Gasteiger partial charge in [0.2, 0.25) is 0 Å². The summed E-state index contributed by atoms with van der Waals surface area (Å²) in [5.74, 6) is 0.666. The normalized spacial score (nSPS) is 22.1. The van der Waals surface area contributed by atoms with Crippen LogP contribution in [0.3, 0.4) is 0 Å². The van der Waals surface area contributed by atoms with Crippen LogP contribution >= 0.6 is 0 Å². The highest BCUT2D eigenvalue weighted by Gasteiger charge is 2.25. The molecule has 1 rings (SSSR count). The molecule has 0 aromatic carbocycles. The Labute approximate surface area is 95.6 Å². The molecule has 1 saturated heterocycles. The molecule has 3 nitrogen and oxygen atoms in total. The topological polar surface area (TPSA) is 44.7 Å². The van der Waals surface area contributed by atoms with Crippen molar-refractivity contribution in [1.29, 1.82) is 0 Å². The summed E-state index contributed by atoms with van der Waals surface area (Å²) in [6.07, 6.45) is 4.98. The summed E-state index contributed by atoms with van der Waals surface area (Å²) in [7, 11) is 0. The van der Waals surface area contributed by atoms with E-state index in [-0.39, 0.29) is 4.75 Å². The molecular formula is C11H21NO2S. The first-order valence-electron chi connectivity index (χ1n) is 5.52. The number of ether oxygens (including phenoxy) is 1. The third-order valence-corrected chi connectivity index (χ3v) is 3.86. The van der Waals surface area contributed by atoms with Crippen molar-refractivity contribution < 1.29 is 9.29 Å². The van der Waals surface area contributed by atoms with E-state index in [1.54, 1.807) is 0 Å². The van der Waals surface area contributed by atoms with E-state index in [9.17, 15) is 4.55 Å². The van der Waals surface area contributed by atoms with Crippen molar-refractivity contribution >= 4 is 17.6 Å². The van der Waals surface area contributed by atoms with Gasteiger partial charge in [0.25, 0.3) is 0 Å². The maximum absolute atomic E-state index is 11.6. The Bertz CT molecular complexity index is 207. The molecule has 0 amide bonds. The second kappa shape index (κ2) is 5.87. The van der Waals surface area contributed by atoms with Crippen LogP contribution in [0.4, 0.5) is 0 Å². The lowest BCUT2D eigenvalue weighted by molar-refractivity contribution is 0.0687. The Morgan fingerprint density at radius 1 is 1.40 bits per heavy atom. The van der Waals surface area contributed by atoms with Gasteiger partial charge in [0.05, 0.1) is 6.21 Å². The zero-order valence-corrected chi connectivity index (χ0v) is 10.7. The molecule has 1 unspecified atom stereocenters. The fraction of sp³-hybridized carbons (Fsp3) is 0.909. The summed E-state index contributed by atoms with van der Waals surface area (Å²) < 4.78 is 20.7. The van der Waals surface area contributed by atoms with E-state index in [1.165, 1.54) is 0 Å². The van der Waals surface area contributed by atoms with E-state index in [0.29, 0.717) is 5.92 Å². The molecule has 1 fully saturated rings. The summed E-state index contributed by atoms with van der Waals surface area (Å²) in [6.45, 7) is 7.54. The van der Waals surface area contributed by atoms with E-state index < -0.39 is 11.4 Å². The first-order chi connectivity index (χ1) is 7.00. The molecule has 0 N–H and O–H groups in total. The van der Waals surface area contributed by atoms with Gasteiger partial charge in [-0.1, -0.05) is 4.40 Å². The fourth-order valence-corrected chi connectivity index (χ4v) is 1.94. The smallest absolute Gasteiger partial charge is 0.144 e. The van der Waals surface area contributed by atoms with Gasteiger partial charge in [-0.05, 0) is 46.0 Å². The number of rotatable bonds is 3. The van der Waals surface area contributed by atoms with Crippen LogP contribution in [0.2, 0.25) is 0 Å². The van der Waals surface area contributed by atoms with E-state index in [4.69, 9.17) is 4.74 Å². The molecule has 0 aromatic rings.